The molecule has 0 heterocycles. The number of carbonyl (C=O) groups is 2. The van der Waals surface area contributed by atoms with E-state index in [1.54, 1.807) is 19.1 Å². The lowest BCUT2D eigenvalue weighted by atomic mass is 10.1. The van der Waals surface area contributed by atoms with Crippen LogP contribution in [0.15, 0.2) is 71.6 Å². The number of amides is 2. The maximum absolute atomic E-state index is 14.4. The average Bonchev–Trinajstić information content (AvgIpc) is 3.58. The van der Waals surface area contributed by atoms with Crippen molar-refractivity contribution in [3.8, 4) is 23.0 Å². The molecule has 0 spiro atoms. The van der Waals surface area contributed by atoms with Gasteiger partial charge in [0.2, 0.25) is 11.8 Å². The van der Waals surface area contributed by atoms with Crippen molar-refractivity contribution >= 4 is 27.5 Å². The molecule has 2 amide bonds. The Morgan fingerprint density at radius 2 is 1.49 bits per heavy atom. The lowest BCUT2D eigenvalue weighted by Crippen LogP contribution is -2.52. The van der Waals surface area contributed by atoms with Gasteiger partial charge in [-0.2, -0.15) is 0 Å². The standard InChI is InChI=1S/C33H41N3O8S/c1-23(33(38)34-25-13-9-10-14-25)35(21-24-11-7-6-8-12-24)32(37)22-36(28-19-26(41-2)15-17-29(28)42-3)45(39,40)27-16-18-30(43-4)31(20-27)44-5/h6-8,11-12,15-20,23,25H,9-10,13-14,21-22H2,1-5H3,(H,34,38). The third kappa shape index (κ3) is 7.80. The highest BCUT2D eigenvalue weighted by molar-refractivity contribution is 7.92. The zero-order valence-electron chi connectivity index (χ0n) is 26.3. The van der Waals surface area contributed by atoms with Gasteiger partial charge in [0.1, 0.15) is 24.1 Å². The van der Waals surface area contributed by atoms with Crippen LogP contribution in [-0.2, 0) is 26.2 Å². The third-order valence-corrected chi connectivity index (χ3v) is 9.70. The fourth-order valence-corrected chi connectivity index (χ4v) is 6.80. The smallest absolute Gasteiger partial charge is 0.265 e. The van der Waals surface area contributed by atoms with E-state index in [-0.39, 0.29) is 40.6 Å². The number of anilines is 1. The second kappa shape index (κ2) is 15.0. The van der Waals surface area contributed by atoms with Crippen LogP contribution in [0.1, 0.15) is 38.2 Å². The Bertz CT molecular complexity index is 1580. The molecule has 1 atom stereocenters. The highest BCUT2D eigenvalue weighted by atomic mass is 32.2. The zero-order chi connectivity index (χ0) is 32.6. The topological polar surface area (TPSA) is 124 Å². The van der Waals surface area contributed by atoms with Gasteiger partial charge in [-0.15, -0.1) is 0 Å². The van der Waals surface area contributed by atoms with E-state index >= 15 is 0 Å². The van der Waals surface area contributed by atoms with Gasteiger partial charge in [0, 0.05) is 24.7 Å². The van der Waals surface area contributed by atoms with Crippen LogP contribution in [0.4, 0.5) is 5.69 Å². The predicted octanol–water partition coefficient (Wildman–Crippen LogP) is 4.39. The summed E-state index contributed by atoms with van der Waals surface area (Å²) in [4.78, 5) is 29.0. The van der Waals surface area contributed by atoms with Crippen LogP contribution in [-0.4, -0.2) is 72.2 Å². The maximum Gasteiger partial charge on any atom is 0.265 e. The molecule has 0 bridgehead atoms. The van der Waals surface area contributed by atoms with Gasteiger partial charge in [-0.25, -0.2) is 8.42 Å². The number of hydrogen-bond donors (Lipinski definition) is 1. The number of ether oxygens (including phenoxy) is 4. The van der Waals surface area contributed by atoms with Crippen LogP contribution in [0.3, 0.4) is 0 Å². The van der Waals surface area contributed by atoms with E-state index in [9.17, 15) is 18.0 Å². The first-order chi connectivity index (χ1) is 21.6. The van der Waals surface area contributed by atoms with Crippen LogP contribution in [0.5, 0.6) is 23.0 Å². The molecule has 1 aliphatic carbocycles. The quantitative estimate of drug-likeness (QED) is 0.276. The maximum atomic E-state index is 14.4. The summed E-state index contributed by atoms with van der Waals surface area (Å²) in [7, 11) is 1.29. The molecule has 0 aliphatic heterocycles. The van der Waals surface area contributed by atoms with E-state index < -0.39 is 28.5 Å². The molecule has 1 fully saturated rings. The molecule has 0 saturated heterocycles. The van der Waals surface area contributed by atoms with Gasteiger partial charge in [0.25, 0.3) is 10.0 Å². The lowest BCUT2D eigenvalue weighted by Gasteiger charge is -2.33. The van der Waals surface area contributed by atoms with Crippen molar-refractivity contribution in [2.75, 3.05) is 39.3 Å². The Kier molecular flexibility index (Phi) is 11.2. The minimum Gasteiger partial charge on any atom is -0.497 e. The summed E-state index contributed by atoms with van der Waals surface area (Å²) in [6.07, 6.45) is 3.85. The Labute approximate surface area is 265 Å². The highest BCUT2D eigenvalue weighted by Crippen LogP contribution is 2.38. The first-order valence-corrected chi connectivity index (χ1v) is 16.2. The summed E-state index contributed by atoms with van der Waals surface area (Å²) in [6.45, 7) is 1.12. The first kappa shape index (κ1) is 33.4. The molecule has 1 unspecified atom stereocenters. The van der Waals surface area contributed by atoms with Crippen LogP contribution in [0.2, 0.25) is 0 Å². The molecule has 12 heteroatoms. The Balaban J connectivity index is 1.78. The molecule has 4 rings (SSSR count). The number of rotatable bonds is 14. The van der Waals surface area contributed by atoms with Gasteiger partial charge in [-0.05, 0) is 49.6 Å². The molecule has 242 valence electrons. The number of benzene rings is 3. The van der Waals surface area contributed by atoms with Crippen LogP contribution < -0.4 is 28.6 Å². The Morgan fingerprint density at radius 3 is 2.11 bits per heavy atom. The molecule has 3 aromatic carbocycles. The van der Waals surface area contributed by atoms with Gasteiger partial charge in [-0.1, -0.05) is 43.2 Å². The van der Waals surface area contributed by atoms with E-state index in [0.717, 1.165) is 35.6 Å². The van der Waals surface area contributed by atoms with E-state index in [1.807, 2.05) is 30.3 Å². The monoisotopic (exact) mass is 639 g/mol. The van der Waals surface area contributed by atoms with Crippen molar-refractivity contribution in [1.29, 1.82) is 0 Å². The summed E-state index contributed by atoms with van der Waals surface area (Å²) in [5.74, 6) is 0.228. The van der Waals surface area contributed by atoms with Crippen molar-refractivity contribution in [3.05, 3.63) is 72.3 Å². The van der Waals surface area contributed by atoms with Gasteiger partial charge < -0.3 is 29.2 Å². The van der Waals surface area contributed by atoms with Crippen LogP contribution >= 0.6 is 0 Å². The number of sulfonamides is 1. The van der Waals surface area contributed by atoms with Gasteiger partial charge >= 0.3 is 0 Å². The molecule has 0 radical (unpaired) electrons. The SMILES string of the molecule is COc1ccc(OC)c(N(CC(=O)N(Cc2ccccc2)C(C)C(=O)NC2CCCC2)S(=O)(=O)c2ccc(OC)c(OC)c2)c1. The Morgan fingerprint density at radius 1 is 0.844 bits per heavy atom. The largest absolute Gasteiger partial charge is 0.497 e. The van der Waals surface area contributed by atoms with Crippen molar-refractivity contribution in [2.24, 2.45) is 0 Å². The summed E-state index contributed by atoms with van der Waals surface area (Å²) < 4.78 is 51.4. The van der Waals surface area contributed by atoms with E-state index in [2.05, 4.69) is 5.32 Å². The second-order valence-electron chi connectivity index (χ2n) is 10.7. The summed E-state index contributed by atoms with van der Waals surface area (Å²) >= 11 is 0. The molecule has 1 saturated carbocycles. The van der Waals surface area contributed by atoms with E-state index in [4.69, 9.17) is 18.9 Å². The summed E-state index contributed by atoms with van der Waals surface area (Å²) in [5.41, 5.74) is 0.877. The van der Waals surface area contributed by atoms with Gasteiger partial charge in [-0.3, -0.25) is 13.9 Å². The van der Waals surface area contributed by atoms with E-state index in [1.165, 1.54) is 57.6 Å². The molecule has 3 aromatic rings. The highest BCUT2D eigenvalue weighted by Gasteiger charge is 2.35. The molecular formula is C33H41N3O8S. The normalized spacial score (nSPS) is 13.9. The van der Waals surface area contributed by atoms with Crippen molar-refractivity contribution in [2.45, 2.75) is 56.1 Å². The molecule has 11 nitrogen and oxygen atoms in total. The minimum atomic E-state index is -4.42. The van der Waals surface area contributed by atoms with Crippen molar-refractivity contribution in [3.63, 3.8) is 0 Å². The zero-order valence-corrected chi connectivity index (χ0v) is 27.1. The molecule has 1 N–H and O–H groups in total. The Hall–Kier alpha value is -4.45. The molecular weight excluding hydrogens is 598 g/mol. The molecule has 1 aliphatic rings. The summed E-state index contributed by atoms with van der Waals surface area (Å²) in [5, 5.41) is 3.07. The number of nitrogens with zero attached hydrogens (tertiary/aromatic N) is 2. The predicted molar refractivity (Wildman–Crippen MR) is 170 cm³/mol. The number of nitrogens with one attached hydrogen (secondary N) is 1. The fourth-order valence-electron chi connectivity index (χ4n) is 5.36. The number of hydrogen-bond acceptors (Lipinski definition) is 8. The molecule has 0 aromatic heterocycles. The third-order valence-electron chi connectivity index (χ3n) is 7.94. The first-order valence-electron chi connectivity index (χ1n) is 14.7. The second-order valence-corrected chi connectivity index (χ2v) is 12.6. The molecule has 45 heavy (non-hydrogen) atoms. The number of methoxy groups -OCH3 is 4. The number of carbonyl (C=O) groups excluding carboxylic acids is 2. The summed E-state index contributed by atoms with van der Waals surface area (Å²) in [6, 6.07) is 17.3. The fraction of sp³-hybridized carbons (Fsp3) is 0.394. The van der Waals surface area contributed by atoms with E-state index in [0.29, 0.717) is 11.5 Å². The van der Waals surface area contributed by atoms with Crippen molar-refractivity contribution in [1.82, 2.24) is 10.2 Å². The van der Waals surface area contributed by atoms with Gasteiger partial charge in [0.05, 0.1) is 39.0 Å². The van der Waals surface area contributed by atoms with Crippen LogP contribution in [0.25, 0.3) is 0 Å². The van der Waals surface area contributed by atoms with Crippen molar-refractivity contribution < 1.29 is 37.0 Å². The van der Waals surface area contributed by atoms with Gasteiger partial charge in [0.15, 0.2) is 11.5 Å². The lowest BCUT2D eigenvalue weighted by molar-refractivity contribution is -0.139. The minimum absolute atomic E-state index is 0.0524. The average molecular weight is 640 g/mol. The van der Waals surface area contributed by atoms with Crippen LogP contribution in [0, 0.1) is 0 Å².